The normalized spacial score (nSPS) is 21.2. The molecule has 5 nitrogen and oxygen atoms in total. The van der Waals surface area contributed by atoms with Crippen LogP contribution in [0.2, 0.25) is 0 Å². The van der Waals surface area contributed by atoms with Crippen molar-refractivity contribution in [2.45, 2.75) is 38.3 Å². The SMILES string of the molecule is O=C(NCc1cc(F)ccc1F)NC1CCC(C(=O)O)CC1. The summed E-state index contributed by atoms with van der Waals surface area (Å²) in [7, 11) is 0. The second-order valence-corrected chi connectivity index (χ2v) is 5.45. The highest BCUT2D eigenvalue weighted by Gasteiger charge is 2.26. The molecule has 22 heavy (non-hydrogen) atoms. The van der Waals surface area contributed by atoms with Crippen molar-refractivity contribution in [2.75, 3.05) is 0 Å². The first-order valence-electron chi connectivity index (χ1n) is 7.17. The summed E-state index contributed by atoms with van der Waals surface area (Å²) >= 11 is 0. The highest BCUT2D eigenvalue weighted by atomic mass is 19.1. The number of urea groups is 1. The van der Waals surface area contributed by atoms with E-state index < -0.39 is 23.6 Å². The van der Waals surface area contributed by atoms with Crippen LogP contribution in [-0.4, -0.2) is 23.1 Å². The zero-order valence-corrected chi connectivity index (χ0v) is 11.9. The second-order valence-electron chi connectivity index (χ2n) is 5.45. The molecule has 0 heterocycles. The van der Waals surface area contributed by atoms with Crippen LogP contribution in [0.4, 0.5) is 13.6 Å². The van der Waals surface area contributed by atoms with Crippen LogP contribution < -0.4 is 10.6 Å². The van der Waals surface area contributed by atoms with Gasteiger partial charge in [0, 0.05) is 18.2 Å². The number of benzene rings is 1. The Labute approximate surface area is 126 Å². The molecule has 0 radical (unpaired) electrons. The van der Waals surface area contributed by atoms with Gasteiger partial charge in [0.15, 0.2) is 0 Å². The number of carbonyl (C=O) groups excluding carboxylic acids is 1. The summed E-state index contributed by atoms with van der Waals surface area (Å²) in [4.78, 5) is 22.6. The molecule has 1 saturated carbocycles. The molecule has 0 spiro atoms. The Morgan fingerprint density at radius 2 is 1.86 bits per heavy atom. The number of rotatable bonds is 4. The molecule has 120 valence electrons. The van der Waals surface area contributed by atoms with Crippen LogP contribution in [0.15, 0.2) is 18.2 Å². The Morgan fingerprint density at radius 3 is 2.50 bits per heavy atom. The van der Waals surface area contributed by atoms with Crippen molar-refractivity contribution in [1.29, 1.82) is 0 Å². The molecule has 0 aromatic heterocycles. The first-order chi connectivity index (χ1) is 10.5. The summed E-state index contributed by atoms with van der Waals surface area (Å²) in [5, 5.41) is 14.1. The lowest BCUT2D eigenvalue weighted by atomic mass is 9.86. The molecule has 1 aromatic rings. The molecule has 1 aromatic carbocycles. The first-order valence-corrected chi connectivity index (χ1v) is 7.17. The lowest BCUT2D eigenvalue weighted by Crippen LogP contribution is -2.44. The van der Waals surface area contributed by atoms with E-state index in [1.54, 1.807) is 0 Å². The quantitative estimate of drug-likeness (QED) is 0.799. The maximum Gasteiger partial charge on any atom is 0.315 e. The number of halogens is 2. The fraction of sp³-hybridized carbons (Fsp3) is 0.467. The van der Waals surface area contributed by atoms with Crippen LogP contribution in [0.25, 0.3) is 0 Å². The lowest BCUT2D eigenvalue weighted by Gasteiger charge is -2.26. The molecule has 7 heteroatoms. The summed E-state index contributed by atoms with van der Waals surface area (Å²) in [6.45, 7) is -0.111. The predicted octanol–water partition coefficient (Wildman–Crippen LogP) is 2.41. The minimum atomic E-state index is -0.801. The van der Waals surface area contributed by atoms with Crippen molar-refractivity contribution in [3.63, 3.8) is 0 Å². The number of carboxylic acid groups (broad SMARTS) is 1. The van der Waals surface area contributed by atoms with E-state index in [0.29, 0.717) is 25.7 Å². The van der Waals surface area contributed by atoms with E-state index in [0.717, 1.165) is 18.2 Å². The molecule has 0 atom stereocenters. The Kier molecular flexibility index (Phi) is 5.30. The van der Waals surface area contributed by atoms with Gasteiger partial charge in [-0.1, -0.05) is 0 Å². The molecular formula is C15H18F2N2O3. The number of aliphatic carboxylic acids is 1. The van der Waals surface area contributed by atoms with Gasteiger partial charge in [0.25, 0.3) is 0 Å². The fourth-order valence-electron chi connectivity index (χ4n) is 2.58. The van der Waals surface area contributed by atoms with Crippen LogP contribution >= 0.6 is 0 Å². The summed E-state index contributed by atoms with van der Waals surface area (Å²) < 4.78 is 26.4. The van der Waals surface area contributed by atoms with Gasteiger partial charge in [-0.2, -0.15) is 0 Å². The summed E-state index contributed by atoms with van der Waals surface area (Å²) in [5.74, 6) is -2.29. The minimum absolute atomic E-state index is 0.0738. The van der Waals surface area contributed by atoms with Crippen molar-refractivity contribution in [2.24, 2.45) is 5.92 Å². The Balaban J connectivity index is 1.77. The van der Waals surface area contributed by atoms with E-state index in [2.05, 4.69) is 10.6 Å². The summed E-state index contributed by atoms with van der Waals surface area (Å²) in [6, 6.07) is 2.50. The number of hydrogen-bond donors (Lipinski definition) is 3. The standard InChI is InChI=1S/C15H18F2N2O3/c16-11-3-6-13(17)10(7-11)8-18-15(22)19-12-4-1-9(2-5-12)14(20)21/h3,6-7,9,12H,1-2,4-5,8H2,(H,20,21)(H2,18,19,22). The highest BCUT2D eigenvalue weighted by molar-refractivity contribution is 5.74. The Hall–Kier alpha value is -2.18. The van der Waals surface area contributed by atoms with Gasteiger partial charge in [-0.3, -0.25) is 4.79 Å². The van der Waals surface area contributed by atoms with Gasteiger partial charge in [0.2, 0.25) is 0 Å². The molecule has 0 saturated heterocycles. The van der Waals surface area contributed by atoms with Gasteiger partial charge in [0.1, 0.15) is 11.6 Å². The Morgan fingerprint density at radius 1 is 1.18 bits per heavy atom. The second kappa shape index (κ2) is 7.20. The van der Waals surface area contributed by atoms with Gasteiger partial charge in [-0.25, -0.2) is 13.6 Å². The van der Waals surface area contributed by atoms with Crippen LogP contribution in [0.1, 0.15) is 31.2 Å². The maximum atomic E-state index is 13.4. The average molecular weight is 312 g/mol. The van der Waals surface area contributed by atoms with Gasteiger partial charge in [-0.05, 0) is 43.9 Å². The highest BCUT2D eigenvalue weighted by Crippen LogP contribution is 2.24. The molecule has 2 amide bonds. The first kappa shape index (κ1) is 16.2. The van der Waals surface area contributed by atoms with Gasteiger partial charge in [0.05, 0.1) is 5.92 Å². The van der Waals surface area contributed by atoms with Crippen molar-refractivity contribution >= 4 is 12.0 Å². The third-order valence-electron chi connectivity index (χ3n) is 3.86. The average Bonchev–Trinajstić information content (AvgIpc) is 2.49. The van der Waals surface area contributed by atoms with E-state index in [1.807, 2.05) is 0 Å². The minimum Gasteiger partial charge on any atom is -0.481 e. The molecule has 0 bridgehead atoms. The van der Waals surface area contributed by atoms with E-state index in [-0.39, 0.29) is 24.1 Å². The molecule has 0 unspecified atom stereocenters. The van der Waals surface area contributed by atoms with E-state index in [1.165, 1.54) is 0 Å². The van der Waals surface area contributed by atoms with Crippen molar-refractivity contribution in [3.8, 4) is 0 Å². The lowest BCUT2D eigenvalue weighted by molar-refractivity contribution is -0.142. The van der Waals surface area contributed by atoms with E-state index in [4.69, 9.17) is 5.11 Å². The molecule has 1 aliphatic carbocycles. The summed E-state index contributed by atoms with van der Waals surface area (Å²) in [5.41, 5.74) is 0.0738. The molecule has 2 rings (SSSR count). The zero-order valence-electron chi connectivity index (χ0n) is 11.9. The number of carboxylic acids is 1. The van der Waals surface area contributed by atoms with Crippen LogP contribution in [-0.2, 0) is 11.3 Å². The van der Waals surface area contributed by atoms with Crippen molar-refractivity contribution in [1.82, 2.24) is 10.6 Å². The third-order valence-corrected chi connectivity index (χ3v) is 3.86. The number of hydrogen-bond acceptors (Lipinski definition) is 2. The van der Waals surface area contributed by atoms with E-state index in [9.17, 15) is 18.4 Å². The maximum absolute atomic E-state index is 13.4. The van der Waals surface area contributed by atoms with E-state index >= 15 is 0 Å². The molecule has 3 N–H and O–H groups in total. The number of amides is 2. The van der Waals surface area contributed by atoms with Crippen LogP contribution in [0.3, 0.4) is 0 Å². The van der Waals surface area contributed by atoms with Gasteiger partial charge in [-0.15, -0.1) is 0 Å². The zero-order chi connectivity index (χ0) is 16.1. The Bertz CT molecular complexity index is 558. The van der Waals surface area contributed by atoms with Crippen LogP contribution in [0.5, 0.6) is 0 Å². The number of carbonyl (C=O) groups is 2. The van der Waals surface area contributed by atoms with Gasteiger partial charge < -0.3 is 15.7 Å². The van der Waals surface area contributed by atoms with Gasteiger partial charge >= 0.3 is 12.0 Å². The molecule has 0 aliphatic heterocycles. The predicted molar refractivity (Wildman–Crippen MR) is 75.1 cm³/mol. The summed E-state index contributed by atoms with van der Waals surface area (Å²) in [6.07, 6.45) is 2.25. The molecule has 1 fully saturated rings. The fourth-order valence-corrected chi connectivity index (χ4v) is 2.58. The topological polar surface area (TPSA) is 78.4 Å². The smallest absolute Gasteiger partial charge is 0.315 e. The van der Waals surface area contributed by atoms with Crippen LogP contribution in [0, 0.1) is 17.6 Å². The molecule has 1 aliphatic rings. The largest absolute Gasteiger partial charge is 0.481 e. The van der Waals surface area contributed by atoms with Crippen molar-refractivity contribution in [3.05, 3.63) is 35.4 Å². The number of nitrogens with one attached hydrogen (secondary N) is 2. The monoisotopic (exact) mass is 312 g/mol. The molecular weight excluding hydrogens is 294 g/mol. The third kappa shape index (κ3) is 4.41. The van der Waals surface area contributed by atoms with Crippen molar-refractivity contribution < 1.29 is 23.5 Å².